The van der Waals surface area contributed by atoms with Crippen LogP contribution in [-0.2, 0) is 20.8 Å². The molecule has 1 saturated heterocycles. The number of hydrogen-bond donors (Lipinski definition) is 1. The number of benzene rings is 1. The van der Waals surface area contributed by atoms with E-state index in [1.54, 1.807) is 6.92 Å². The number of nitrogens with zero attached hydrogens (tertiary/aromatic N) is 5. The first kappa shape index (κ1) is 26.7. The van der Waals surface area contributed by atoms with Crippen LogP contribution in [0.5, 0.6) is 5.75 Å². The number of amides is 1. The Morgan fingerprint density at radius 3 is 2.62 bits per heavy atom. The number of aromatic nitrogens is 5. The molecule has 206 valence electrons. The average molecular weight is 559 g/mol. The van der Waals surface area contributed by atoms with Crippen LogP contribution in [0, 0.1) is 12.7 Å². The smallest absolute Gasteiger partial charge is 0.332 e. The molecule has 2 atom stereocenters. The van der Waals surface area contributed by atoms with E-state index in [0.29, 0.717) is 32.1 Å². The number of fused-ring (bicyclic) bond motifs is 1. The van der Waals surface area contributed by atoms with E-state index >= 15 is 0 Å². The lowest BCUT2D eigenvalue weighted by Gasteiger charge is -2.23. The van der Waals surface area contributed by atoms with Crippen molar-refractivity contribution in [2.75, 3.05) is 34.0 Å². The highest BCUT2D eigenvalue weighted by Gasteiger charge is 2.31. The number of hydrogen-bond acceptors (Lipinski definition) is 9. The van der Waals surface area contributed by atoms with Gasteiger partial charge in [0.1, 0.15) is 27.5 Å². The van der Waals surface area contributed by atoms with E-state index in [4.69, 9.17) is 14.2 Å². The van der Waals surface area contributed by atoms with Crippen molar-refractivity contribution < 1.29 is 23.4 Å². The molecule has 12 nitrogen and oxygen atoms in total. The van der Waals surface area contributed by atoms with Crippen LogP contribution >= 0.6 is 11.3 Å². The van der Waals surface area contributed by atoms with Gasteiger partial charge in [0.25, 0.3) is 5.56 Å². The van der Waals surface area contributed by atoms with E-state index in [1.807, 2.05) is 0 Å². The lowest BCUT2D eigenvalue weighted by molar-refractivity contribution is -0.119. The van der Waals surface area contributed by atoms with Crippen molar-refractivity contribution >= 4 is 27.5 Å². The van der Waals surface area contributed by atoms with E-state index in [2.05, 4.69) is 15.5 Å². The first-order chi connectivity index (χ1) is 18.8. The fraction of sp³-hybridized carbons (Fsp3) is 0.400. The minimum atomic E-state index is -0.838. The molecule has 4 heterocycles. The highest BCUT2D eigenvalue weighted by atomic mass is 32.1. The summed E-state index contributed by atoms with van der Waals surface area (Å²) in [6.07, 6.45) is 2.19. The summed E-state index contributed by atoms with van der Waals surface area (Å²) in [5.74, 6) is -0.360. The zero-order chi connectivity index (χ0) is 27.7. The molecule has 14 heteroatoms. The summed E-state index contributed by atoms with van der Waals surface area (Å²) in [6.45, 7) is 2.27. The highest BCUT2D eigenvalue weighted by Crippen LogP contribution is 2.34. The van der Waals surface area contributed by atoms with E-state index < -0.39 is 29.2 Å². The number of rotatable bonds is 10. The monoisotopic (exact) mass is 558 g/mol. The maximum absolute atomic E-state index is 14.4. The van der Waals surface area contributed by atoms with E-state index in [9.17, 15) is 18.8 Å². The zero-order valence-electron chi connectivity index (χ0n) is 21.5. The third kappa shape index (κ3) is 4.97. The van der Waals surface area contributed by atoms with Gasteiger partial charge in [0, 0.05) is 31.2 Å². The van der Waals surface area contributed by atoms with Gasteiger partial charge >= 0.3 is 5.69 Å². The quantitative estimate of drug-likeness (QED) is 0.291. The Balaban J connectivity index is 1.73. The molecular weight excluding hydrogens is 531 g/mol. The van der Waals surface area contributed by atoms with Crippen LogP contribution in [0.3, 0.4) is 0 Å². The Labute approximate surface area is 225 Å². The van der Waals surface area contributed by atoms with Gasteiger partial charge in [0.05, 0.1) is 50.7 Å². The zero-order valence-corrected chi connectivity index (χ0v) is 22.4. The lowest BCUT2D eigenvalue weighted by atomic mass is 10.1. The van der Waals surface area contributed by atoms with Gasteiger partial charge in [-0.05, 0) is 25.1 Å². The predicted octanol–water partition coefficient (Wildman–Crippen LogP) is 1.73. The fourth-order valence-corrected chi connectivity index (χ4v) is 5.98. The summed E-state index contributed by atoms with van der Waals surface area (Å²) in [6, 6.07) is 3.40. The molecule has 1 unspecified atom stereocenters. The molecule has 1 fully saturated rings. The molecule has 0 aliphatic carbocycles. The number of aryl methyl sites for hydroxylation is 1. The molecule has 39 heavy (non-hydrogen) atoms. The van der Waals surface area contributed by atoms with Crippen LogP contribution in [0.15, 0.2) is 40.2 Å². The van der Waals surface area contributed by atoms with E-state index in [-0.39, 0.29) is 38.6 Å². The van der Waals surface area contributed by atoms with Crippen molar-refractivity contribution in [1.29, 1.82) is 0 Å². The molecular formula is C25H27FN6O6S. The summed E-state index contributed by atoms with van der Waals surface area (Å²) in [5, 5.41) is 12.0. The number of ether oxygens (including phenoxy) is 3. The van der Waals surface area contributed by atoms with Crippen LogP contribution < -0.4 is 21.3 Å². The molecule has 0 saturated carbocycles. The summed E-state index contributed by atoms with van der Waals surface area (Å²) < 4.78 is 33.6. The Bertz CT molecular complexity index is 1630. The maximum atomic E-state index is 14.4. The summed E-state index contributed by atoms with van der Waals surface area (Å²) >= 11 is 1.19. The van der Waals surface area contributed by atoms with Gasteiger partial charge in [-0.3, -0.25) is 18.7 Å². The van der Waals surface area contributed by atoms with Crippen LogP contribution in [-0.4, -0.2) is 64.0 Å². The minimum absolute atomic E-state index is 0.00287. The first-order valence-electron chi connectivity index (χ1n) is 12.2. The fourth-order valence-electron chi connectivity index (χ4n) is 4.76. The minimum Gasteiger partial charge on any atom is -0.496 e. The van der Waals surface area contributed by atoms with Crippen LogP contribution in [0.1, 0.15) is 29.7 Å². The van der Waals surface area contributed by atoms with Gasteiger partial charge in [-0.2, -0.15) is 10.2 Å². The van der Waals surface area contributed by atoms with Crippen LogP contribution in [0.2, 0.25) is 0 Å². The lowest BCUT2D eigenvalue weighted by Crippen LogP contribution is -2.43. The van der Waals surface area contributed by atoms with E-state index in [1.165, 1.54) is 65.5 Å². The highest BCUT2D eigenvalue weighted by molar-refractivity contribution is 7.21. The Kier molecular flexibility index (Phi) is 7.59. The van der Waals surface area contributed by atoms with Crippen molar-refractivity contribution in [2.45, 2.75) is 32.0 Å². The van der Waals surface area contributed by atoms with Crippen molar-refractivity contribution in [1.82, 2.24) is 29.4 Å². The number of nitrogens with one attached hydrogen (secondary N) is 1. The molecule has 1 aromatic carbocycles. The standard InChI is InChI=1S/C25H27FN6O6S/c1-14-21-22(34)31(16-11-20(33)27-12-16)25(35)30(24(21)39-23(14)32-28-6-7-29-32)13-19(38-9-8-36-2)17-10-15(26)4-5-18(17)37-3/h4-7,10,16,19H,8-9,11-13H2,1-3H3,(H,27,33)/t16?,19-/m0/s1. The summed E-state index contributed by atoms with van der Waals surface area (Å²) in [4.78, 5) is 41.5. The normalized spacial score (nSPS) is 16.1. The summed E-state index contributed by atoms with van der Waals surface area (Å²) in [7, 11) is 2.99. The third-order valence-corrected chi connectivity index (χ3v) is 7.91. The largest absolute Gasteiger partial charge is 0.496 e. The Hall–Kier alpha value is -3.88. The Morgan fingerprint density at radius 1 is 1.18 bits per heavy atom. The second-order valence-electron chi connectivity index (χ2n) is 9.00. The van der Waals surface area contributed by atoms with Crippen molar-refractivity contribution in [3.8, 4) is 10.8 Å². The van der Waals surface area contributed by atoms with Gasteiger partial charge in [-0.1, -0.05) is 11.3 Å². The van der Waals surface area contributed by atoms with Crippen molar-refractivity contribution in [3.63, 3.8) is 0 Å². The predicted molar refractivity (Wildman–Crippen MR) is 140 cm³/mol. The molecule has 0 spiro atoms. The molecule has 1 N–H and O–H groups in total. The van der Waals surface area contributed by atoms with Crippen molar-refractivity contribution in [3.05, 3.63) is 68.4 Å². The van der Waals surface area contributed by atoms with Crippen molar-refractivity contribution in [2.24, 2.45) is 0 Å². The SMILES string of the molecule is COCCO[C@@H](Cn1c(=O)n(C2CNC(=O)C2)c(=O)c2c(C)c(-n3nccn3)sc21)c1cc(F)ccc1OC. The molecule has 4 aromatic rings. The number of halogens is 1. The molecule has 0 bridgehead atoms. The second kappa shape index (κ2) is 11.1. The van der Waals surface area contributed by atoms with Gasteiger partial charge in [0.15, 0.2) is 0 Å². The molecule has 1 amide bonds. The van der Waals surface area contributed by atoms with E-state index in [0.717, 1.165) is 4.57 Å². The second-order valence-corrected chi connectivity index (χ2v) is 9.98. The number of carbonyl (C=O) groups excluding carboxylic acids is 1. The number of methoxy groups -OCH3 is 2. The maximum Gasteiger partial charge on any atom is 0.332 e. The van der Waals surface area contributed by atoms with Gasteiger partial charge in [-0.25, -0.2) is 9.18 Å². The Morgan fingerprint density at radius 2 is 1.95 bits per heavy atom. The molecule has 0 radical (unpaired) electrons. The molecule has 1 aliphatic rings. The molecule has 1 aliphatic heterocycles. The van der Waals surface area contributed by atoms with Crippen LogP contribution in [0.4, 0.5) is 4.39 Å². The van der Waals surface area contributed by atoms with Gasteiger partial charge in [0.2, 0.25) is 5.91 Å². The molecule has 3 aromatic heterocycles. The molecule has 5 rings (SSSR count). The topological polar surface area (TPSA) is 132 Å². The van der Waals surface area contributed by atoms with Crippen LogP contribution in [0.25, 0.3) is 15.2 Å². The van der Waals surface area contributed by atoms with Gasteiger partial charge in [-0.15, -0.1) is 4.80 Å². The summed E-state index contributed by atoms with van der Waals surface area (Å²) in [5.41, 5.74) is -0.117. The number of thiophene rings is 1. The number of carbonyl (C=O) groups is 1. The van der Waals surface area contributed by atoms with Gasteiger partial charge < -0.3 is 19.5 Å². The average Bonchev–Trinajstić information content (AvgIpc) is 3.66. The third-order valence-electron chi connectivity index (χ3n) is 6.63. The first-order valence-corrected chi connectivity index (χ1v) is 13.0.